The molecule has 0 radical (unpaired) electrons. The van der Waals surface area contributed by atoms with Crippen LogP contribution in [0.4, 0.5) is 5.69 Å². The van der Waals surface area contributed by atoms with Crippen molar-refractivity contribution >= 4 is 17.4 Å². The topological polar surface area (TPSA) is 84.9 Å². The van der Waals surface area contributed by atoms with Crippen LogP contribution in [0.3, 0.4) is 0 Å². The summed E-state index contributed by atoms with van der Waals surface area (Å²) in [4.78, 5) is 16.0. The molecule has 2 unspecified atom stereocenters. The predicted molar refractivity (Wildman–Crippen MR) is 88.9 cm³/mol. The fourth-order valence-electron chi connectivity index (χ4n) is 3.67. The maximum atomic E-state index is 11.5. The monoisotopic (exact) mass is 316 g/mol. The van der Waals surface area contributed by atoms with Crippen LogP contribution in [0.15, 0.2) is 23.2 Å². The largest absolute Gasteiger partial charge is 0.481 e. The number of rotatable bonds is 4. The highest BCUT2D eigenvalue weighted by atomic mass is 16.5. The molecule has 0 bridgehead atoms. The van der Waals surface area contributed by atoms with Crippen LogP contribution in [0, 0.1) is 5.92 Å². The number of carboxylic acid groups (broad SMARTS) is 1. The molecule has 3 N–H and O–H groups in total. The minimum Gasteiger partial charge on any atom is -0.481 e. The van der Waals surface area contributed by atoms with Crippen LogP contribution in [-0.2, 0) is 16.1 Å². The lowest BCUT2D eigenvalue weighted by Crippen LogP contribution is -2.36. The third-order valence-electron chi connectivity index (χ3n) is 4.91. The molecule has 1 aliphatic heterocycles. The second-order valence-electron chi connectivity index (χ2n) is 6.52. The van der Waals surface area contributed by atoms with Gasteiger partial charge in [0.1, 0.15) is 5.92 Å². The summed E-state index contributed by atoms with van der Waals surface area (Å²) < 4.78 is 6.05. The van der Waals surface area contributed by atoms with Gasteiger partial charge in [-0.2, -0.15) is 0 Å². The van der Waals surface area contributed by atoms with Crippen molar-refractivity contribution in [2.45, 2.75) is 57.8 Å². The van der Waals surface area contributed by atoms with E-state index >= 15 is 0 Å². The molecule has 1 aliphatic carbocycles. The van der Waals surface area contributed by atoms with Crippen LogP contribution in [0.5, 0.6) is 0 Å². The Labute approximate surface area is 136 Å². The van der Waals surface area contributed by atoms with Crippen molar-refractivity contribution < 1.29 is 14.6 Å². The Morgan fingerprint density at radius 3 is 2.78 bits per heavy atom. The molecule has 5 heteroatoms. The Balaban J connectivity index is 1.83. The van der Waals surface area contributed by atoms with Crippen molar-refractivity contribution in [1.82, 2.24) is 0 Å². The molecule has 3 rings (SSSR count). The SMILES string of the molecule is CC1=Nc2cccc(COC3CCCCC3)c2C(N)C1C(=O)O. The molecule has 0 saturated heterocycles. The van der Waals surface area contributed by atoms with Gasteiger partial charge in [0.15, 0.2) is 0 Å². The number of aliphatic carboxylic acids is 1. The minimum atomic E-state index is -0.924. The van der Waals surface area contributed by atoms with Gasteiger partial charge in [-0.05, 0) is 31.4 Å². The first-order chi connectivity index (χ1) is 11.1. The van der Waals surface area contributed by atoms with Crippen LogP contribution in [-0.4, -0.2) is 22.9 Å². The van der Waals surface area contributed by atoms with E-state index in [1.165, 1.54) is 19.3 Å². The third-order valence-corrected chi connectivity index (χ3v) is 4.91. The molecule has 5 nitrogen and oxygen atoms in total. The summed E-state index contributed by atoms with van der Waals surface area (Å²) in [5, 5.41) is 9.44. The molecule has 1 heterocycles. The number of carbonyl (C=O) groups is 1. The molecule has 1 fully saturated rings. The van der Waals surface area contributed by atoms with E-state index in [9.17, 15) is 9.90 Å². The molecular weight excluding hydrogens is 292 g/mol. The Morgan fingerprint density at radius 2 is 2.09 bits per heavy atom. The summed E-state index contributed by atoms with van der Waals surface area (Å²) >= 11 is 0. The van der Waals surface area contributed by atoms with E-state index < -0.39 is 17.9 Å². The molecule has 1 aromatic rings. The highest BCUT2D eigenvalue weighted by Gasteiger charge is 2.35. The van der Waals surface area contributed by atoms with Crippen molar-refractivity contribution in [3.05, 3.63) is 29.3 Å². The molecule has 2 aliphatic rings. The van der Waals surface area contributed by atoms with E-state index in [1.807, 2.05) is 18.2 Å². The van der Waals surface area contributed by atoms with Crippen molar-refractivity contribution in [1.29, 1.82) is 0 Å². The summed E-state index contributed by atoms with van der Waals surface area (Å²) in [5.74, 6) is -1.69. The molecule has 1 saturated carbocycles. The van der Waals surface area contributed by atoms with Gasteiger partial charge in [-0.3, -0.25) is 9.79 Å². The minimum absolute atomic E-state index is 0.305. The third kappa shape index (κ3) is 3.31. The van der Waals surface area contributed by atoms with E-state index in [0.717, 1.165) is 29.7 Å². The Kier molecular flexibility index (Phi) is 4.78. The van der Waals surface area contributed by atoms with Gasteiger partial charge < -0.3 is 15.6 Å². The number of ether oxygens (including phenoxy) is 1. The maximum Gasteiger partial charge on any atom is 0.314 e. The highest BCUT2D eigenvalue weighted by molar-refractivity contribution is 6.03. The van der Waals surface area contributed by atoms with Crippen LogP contribution in [0.2, 0.25) is 0 Å². The van der Waals surface area contributed by atoms with E-state index in [4.69, 9.17) is 10.5 Å². The van der Waals surface area contributed by atoms with Crippen molar-refractivity contribution in [3.8, 4) is 0 Å². The lowest BCUT2D eigenvalue weighted by molar-refractivity contribution is -0.140. The number of carboxylic acids is 1. The molecular formula is C18H24N2O3. The fraction of sp³-hybridized carbons (Fsp3) is 0.556. The molecule has 1 aromatic carbocycles. The number of hydrogen-bond acceptors (Lipinski definition) is 4. The van der Waals surface area contributed by atoms with Crippen molar-refractivity contribution in [3.63, 3.8) is 0 Å². The first-order valence-corrected chi connectivity index (χ1v) is 8.35. The summed E-state index contributed by atoms with van der Waals surface area (Å²) in [5.41, 5.74) is 9.39. The molecule has 0 spiro atoms. The molecule has 2 atom stereocenters. The average Bonchev–Trinajstić information content (AvgIpc) is 2.53. The van der Waals surface area contributed by atoms with E-state index in [2.05, 4.69) is 4.99 Å². The summed E-state index contributed by atoms with van der Waals surface area (Å²) in [6.45, 7) is 2.20. The Bertz CT molecular complexity index is 621. The predicted octanol–water partition coefficient (Wildman–Crippen LogP) is 3.34. The zero-order valence-electron chi connectivity index (χ0n) is 13.5. The van der Waals surface area contributed by atoms with Gasteiger partial charge in [0.2, 0.25) is 0 Å². The van der Waals surface area contributed by atoms with Crippen LogP contribution in [0.1, 0.15) is 56.2 Å². The van der Waals surface area contributed by atoms with E-state index in [1.54, 1.807) is 6.92 Å². The molecule has 0 aromatic heterocycles. The second-order valence-corrected chi connectivity index (χ2v) is 6.52. The quantitative estimate of drug-likeness (QED) is 0.892. The Hall–Kier alpha value is -1.72. The van der Waals surface area contributed by atoms with Gasteiger partial charge in [-0.15, -0.1) is 0 Å². The number of hydrogen-bond donors (Lipinski definition) is 2. The van der Waals surface area contributed by atoms with Crippen molar-refractivity contribution in [2.75, 3.05) is 0 Å². The van der Waals surface area contributed by atoms with Gasteiger partial charge >= 0.3 is 5.97 Å². The highest BCUT2D eigenvalue weighted by Crippen LogP contribution is 2.38. The number of nitrogens with two attached hydrogens (primary N) is 1. The van der Waals surface area contributed by atoms with Crippen molar-refractivity contribution in [2.24, 2.45) is 16.6 Å². The summed E-state index contributed by atoms with van der Waals surface area (Å²) in [6, 6.07) is 5.21. The normalized spacial score (nSPS) is 24.9. The van der Waals surface area contributed by atoms with Gasteiger partial charge in [-0.1, -0.05) is 31.4 Å². The van der Waals surface area contributed by atoms with E-state index in [0.29, 0.717) is 18.4 Å². The number of aliphatic imine (C=N–C) groups is 1. The average molecular weight is 316 g/mol. The lowest BCUT2D eigenvalue weighted by Gasteiger charge is -2.29. The van der Waals surface area contributed by atoms with Crippen LogP contribution in [0.25, 0.3) is 0 Å². The number of fused-ring (bicyclic) bond motifs is 1. The Morgan fingerprint density at radius 1 is 1.35 bits per heavy atom. The summed E-state index contributed by atoms with van der Waals surface area (Å²) in [7, 11) is 0. The maximum absolute atomic E-state index is 11.5. The number of benzene rings is 1. The summed E-state index contributed by atoms with van der Waals surface area (Å²) in [6.07, 6.45) is 6.26. The van der Waals surface area contributed by atoms with Crippen LogP contribution >= 0.6 is 0 Å². The first-order valence-electron chi connectivity index (χ1n) is 8.35. The zero-order valence-corrected chi connectivity index (χ0v) is 13.5. The fourth-order valence-corrected chi connectivity index (χ4v) is 3.67. The van der Waals surface area contributed by atoms with Gasteiger partial charge in [0.25, 0.3) is 0 Å². The standard InChI is InChI=1S/C18H24N2O3/c1-11-15(18(21)22)17(19)16-12(6-5-9-14(16)20-11)10-23-13-7-3-2-4-8-13/h5-6,9,13,15,17H,2-4,7-8,10,19H2,1H3,(H,21,22). The molecule has 23 heavy (non-hydrogen) atoms. The first kappa shape index (κ1) is 16.1. The van der Waals surface area contributed by atoms with Gasteiger partial charge in [-0.25, -0.2) is 0 Å². The zero-order chi connectivity index (χ0) is 16.4. The number of nitrogens with zero attached hydrogens (tertiary/aromatic N) is 1. The van der Waals surface area contributed by atoms with Gasteiger partial charge in [0, 0.05) is 11.3 Å². The van der Waals surface area contributed by atoms with Crippen LogP contribution < -0.4 is 5.73 Å². The lowest BCUT2D eigenvalue weighted by atomic mass is 9.84. The molecule has 124 valence electrons. The van der Waals surface area contributed by atoms with E-state index in [-0.39, 0.29) is 0 Å². The smallest absolute Gasteiger partial charge is 0.314 e. The van der Waals surface area contributed by atoms with Gasteiger partial charge in [0.05, 0.1) is 24.4 Å². The second kappa shape index (κ2) is 6.81. The molecule has 0 amide bonds.